The second-order valence-corrected chi connectivity index (χ2v) is 4.98. The van der Waals surface area contributed by atoms with Crippen molar-refractivity contribution in [3.8, 4) is 5.75 Å². The van der Waals surface area contributed by atoms with Crippen molar-refractivity contribution < 1.29 is 22.6 Å². The number of guanidine groups is 1. The third-order valence-electron chi connectivity index (χ3n) is 2.93. The number of rotatable bonds is 9. The van der Waals surface area contributed by atoms with Gasteiger partial charge in [-0.05, 0) is 19.4 Å². The summed E-state index contributed by atoms with van der Waals surface area (Å²) in [5, 5.41) is 6.22. The summed E-state index contributed by atoms with van der Waals surface area (Å²) >= 11 is 0. The summed E-state index contributed by atoms with van der Waals surface area (Å²) in [6, 6.07) is 6.58. The van der Waals surface area contributed by atoms with Gasteiger partial charge in [0.2, 0.25) is 0 Å². The number of alkyl halides is 3. The van der Waals surface area contributed by atoms with Gasteiger partial charge in [0, 0.05) is 32.4 Å². The number of benzene rings is 1. The Morgan fingerprint density at radius 2 is 1.92 bits per heavy atom. The van der Waals surface area contributed by atoms with Crippen LogP contribution in [0.4, 0.5) is 13.2 Å². The molecule has 25 heavy (non-hydrogen) atoms. The molecule has 1 aromatic carbocycles. The number of para-hydroxylation sites is 1. The summed E-state index contributed by atoms with van der Waals surface area (Å²) in [6.45, 7) is 2.85. The molecule has 1 rings (SSSR count). The van der Waals surface area contributed by atoms with E-state index in [1.807, 2.05) is 6.92 Å². The Labute approximate surface area is 163 Å². The molecule has 0 bridgehead atoms. The van der Waals surface area contributed by atoms with E-state index in [9.17, 15) is 13.2 Å². The van der Waals surface area contributed by atoms with Gasteiger partial charge < -0.3 is 20.1 Å². The van der Waals surface area contributed by atoms with Crippen molar-refractivity contribution in [1.82, 2.24) is 10.6 Å². The van der Waals surface area contributed by atoms with Gasteiger partial charge in [-0.2, -0.15) is 13.2 Å². The summed E-state index contributed by atoms with van der Waals surface area (Å²) in [4.78, 5) is 4.38. The number of halogens is 4. The average molecular weight is 475 g/mol. The van der Waals surface area contributed by atoms with E-state index in [1.54, 1.807) is 25.3 Å². The number of aliphatic imine (C=N–C) groups is 1. The highest BCUT2D eigenvalue weighted by molar-refractivity contribution is 14.0. The van der Waals surface area contributed by atoms with E-state index in [0.29, 0.717) is 31.2 Å². The second-order valence-electron chi connectivity index (χ2n) is 4.98. The molecule has 0 unspecified atom stereocenters. The molecule has 0 radical (unpaired) electrons. The van der Waals surface area contributed by atoms with Gasteiger partial charge in [-0.25, -0.2) is 4.99 Å². The molecule has 144 valence electrons. The van der Waals surface area contributed by atoms with Crippen LogP contribution in [0.3, 0.4) is 0 Å². The molecule has 0 aliphatic heterocycles. The van der Waals surface area contributed by atoms with Crippen LogP contribution < -0.4 is 15.4 Å². The van der Waals surface area contributed by atoms with Crippen LogP contribution in [0.5, 0.6) is 5.75 Å². The number of ether oxygens (including phenoxy) is 2. The number of hydrogen-bond donors (Lipinski definition) is 2. The molecule has 2 N–H and O–H groups in total. The van der Waals surface area contributed by atoms with E-state index >= 15 is 0 Å². The normalized spacial score (nSPS) is 11.6. The number of nitrogens with zero attached hydrogens (tertiary/aromatic N) is 1. The summed E-state index contributed by atoms with van der Waals surface area (Å²) in [5.74, 6) is 0.785. The average Bonchev–Trinajstić information content (AvgIpc) is 2.54. The highest BCUT2D eigenvalue weighted by Gasteiger charge is 2.28. The molecule has 0 aliphatic rings. The van der Waals surface area contributed by atoms with E-state index in [-0.39, 0.29) is 36.3 Å². The first-order chi connectivity index (χ1) is 11.5. The van der Waals surface area contributed by atoms with Crippen molar-refractivity contribution in [3.05, 3.63) is 29.8 Å². The lowest BCUT2D eigenvalue weighted by Gasteiger charge is -2.13. The van der Waals surface area contributed by atoms with Crippen LogP contribution in [0.1, 0.15) is 18.9 Å². The standard InChI is InChI=1S/C16H24F3N3O2.HI/c1-3-20-15(21-9-6-10-23-2)22-11-13-7-4-5-8-14(13)24-12-16(17,18)19;/h4-5,7-8H,3,6,9-12H2,1-2H3,(H2,20,21,22);1H. The van der Waals surface area contributed by atoms with E-state index in [4.69, 9.17) is 9.47 Å². The van der Waals surface area contributed by atoms with E-state index in [0.717, 1.165) is 6.42 Å². The van der Waals surface area contributed by atoms with Crippen LogP contribution in [0.25, 0.3) is 0 Å². The van der Waals surface area contributed by atoms with E-state index < -0.39 is 12.8 Å². The molecule has 0 saturated carbocycles. The number of nitrogens with one attached hydrogen (secondary N) is 2. The van der Waals surface area contributed by atoms with Crippen LogP contribution in [-0.4, -0.2) is 45.5 Å². The molecule has 0 atom stereocenters. The largest absolute Gasteiger partial charge is 0.484 e. The first-order valence-corrected chi connectivity index (χ1v) is 7.75. The van der Waals surface area contributed by atoms with Crippen molar-refractivity contribution >= 4 is 29.9 Å². The van der Waals surface area contributed by atoms with Crippen molar-refractivity contribution in [2.75, 3.05) is 33.4 Å². The summed E-state index contributed by atoms with van der Waals surface area (Å²) in [7, 11) is 1.64. The van der Waals surface area contributed by atoms with Crippen molar-refractivity contribution in [3.63, 3.8) is 0 Å². The zero-order valence-corrected chi connectivity index (χ0v) is 16.7. The molecule has 0 saturated heterocycles. The Kier molecular flexibility index (Phi) is 12.4. The third-order valence-corrected chi connectivity index (χ3v) is 2.93. The quantitative estimate of drug-likeness (QED) is 0.249. The maximum atomic E-state index is 12.3. The molecule has 1 aromatic rings. The number of hydrogen-bond acceptors (Lipinski definition) is 3. The van der Waals surface area contributed by atoms with Crippen LogP contribution in [0.2, 0.25) is 0 Å². The van der Waals surface area contributed by atoms with Gasteiger partial charge in [-0.15, -0.1) is 24.0 Å². The molecular formula is C16H25F3IN3O2. The Morgan fingerprint density at radius 1 is 1.20 bits per heavy atom. The minimum absolute atomic E-state index is 0. The van der Waals surface area contributed by atoms with Crippen LogP contribution >= 0.6 is 24.0 Å². The molecule has 5 nitrogen and oxygen atoms in total. The molecular weight excluding hydrogens is 450 g/mol. The first-order valence-electron chi connectivity index (χ1n) is 7.75. The van der Waals surface area contributed by atoms with Crippen LogP contribution in [0.15, 0.2) is 29.3 Å². The van der Waals surface area contributed by atoms with Gasteiger partial charge in [0.15, 0.2) is 12.6 Å². The van der Waals surface area contributed by atoms with Gasteiger partial charge in [0.25, 0.3) is 0 Å². The molecule has 0 amide bonds. The van der Waals surface area contributed by atoms with Crippen LogP contribution in [-0.2, 0) is 11.3 Å². The van der Waals surface area contributed by atoms with Crippen LogP contribution in [0, 0.1) is 0 Å². The lowest BCUT2D eigenvalue weighted by molar-refractivity contribution is -0.153. The highest BCUT2D eigenvalue weighted by atomic mass is 127. The van der Waals surface area contributed by atoms with Crippen molar-refractivity contribution in [1.29, 1.82) is 0 Å². The Morgan fingerprint density at radius 3 is 2.56 bits per heavy atom. The van der Waals surface area contributed by atoms with Gasteiger partial charge in [-0.3, -0.25) is 0 Å². The molecule has 9 heteroatoms. The third kappa shape index (κ3) is 11.1. The maximum absolute atomic E-state index is 12.3. The minimum atomic E-state index is -4.37. The smallest absolute Gasteiger partial charge is 0.422 e. The summed E-state index contributed by atoms with van der Waals surface area (Å²) < 4.78 is 46.8. The number of methoxy groups -OCH3 is 1. The van der Waals surface area contributed by atoms with Gasteiger partial charge in [-0.1, -0.05) is 18.2 Å². The van der Waals surface area contributed by atoms with Crippen molar-refractivity contribution in [2.45, 2.75) is 26.1 Å². The summed E-state index contributed by atoms with van der Waals surface area (Å²) in [6.07, 6.45) is -3.54. The van der Waals surface area contributed by atoms with E-state index in [2.05, 4.69) is 15.6 Å². The lowest BCUT2D eigenvalue weighted by atomic mass is 10.2. The maximum Gasteiger partial charge on any atom is 0.422 e. The van der Waals surface area contributed by atoms with Gasteiger partial charge in [0.1, 0.15) is 5.75 Å². The first kappa shape index (κ1) is 23.8. The fourth-order valence-corrected chi connectivity index (χ4v) is 1.86. The summed E-state index contributed by atoms with van der Waals surface area (Å²) in [5.41, 5.74) is 0.593. The minimum Gasteiger partial charge on any atom is -0.484 e. The molecule has 0 aliphatic carbocycles. The lowest BCUT2D eigenvalue weighted by Crippen LogP contribution is -2.38. The zero-order valence-electron chi connectivity index (χ0n) is 14.4. The Hall–Kier alpha value is -1.23. The monoisotopic (exact) mass is 475 g/mol. The van der Waals surface area contributed by atoms with Crippen molar-refractivity contribution in [2.24, 2.45) is 4.99 Å². The van der Waals surface area contributed by atoms with Gasteiger partial charge >= 0.3 is 6.18 Å². The molecule has 0 aromatic heterocycles. The molecule has 0 fully saturated rings. The Bertz CT molecular complexity index is 514. The topological polar surface area (TPSA) is 54.9 Å². The zero-order chi connectivity index (χ0) is 17.8. The highest BCUT2D eigenvalue weighted by Crippen LogP contribution is 2.22. The predicted octanol–water partition coefficient (Wildman–Crippen LogP) is 3.34. The fraction of sp³-hybridized carbons (Fsp3) is 0.562. The predicted molar refractivity (Wildman–Crippen MR) is 103 cm³/mol. The van der Waals surface area contributed by atoms with Gasteiger partial charge in [0.05, 0.1) is 6.54 Å². The Balaban J connectivity index is 0.00000576. The second kappa shape index (κ2) is 13.0. The SMILES string of the molecule is CCNC(=NCc1ccccc1OCC(F)(F)F)NCCCOC.I. The fourth-order valence-electron chi connectivity index (χ4n) is 1.86. The molecule has 0 heterocycles. The molecule has 0 spiro atoms. The van der Waals surface area contributed by atoms with E-state index in [1.165, 1.54) is 6.07 Å².